The Morgan fingerprint density at radius 3 is 2.70 bits per heavy atom. The SMILES string of the molecule is CCCc1cc(=O)oc2cc3c(C(=O)OCC)c(C)[nH]c3cc12. The molecule has 1 N–H and O–H groups in total. The minimum Gasteiger partial charge on any atom is -0.462 e. The van der Waals surface area contributed by atoms with Gasteiger partial charge in [0.15, 0.2) is 0 Å². The van der Waals surface area contributed by atoms with Crippen LogP contribution in [-0.4, -0.2) is 17.6 Å². The Hall–Kier alpha value is -2.56. The minimum atomic E-state index is -0.373. The summed E-state index contributed by atoms with van der Waals surface area (Å²) >= 11 is 0. The fourth-order valence-electron chi connectivity index (χ4n) is 2.99. The Kier molecular flexibility index (Phi) is 3.94. The number of fused-ring (bicyclic) bond motifs is 2. The molecule has 0 aliphatic carbocycles. The molecular formula is C18H19NO4. The van der Waals surface area contributed by atoms with E-state index in [-0.39, 0.29) is 11.6 Å². The highest BCUT2D eigenvalue weighted by molar-refractivity contribution is 6.09. The lowest BCUT2D eigenvalue weighted by Crippen LogP contribution is -2.05. The van der Waals surface area contributed by atoms with Crippen molar-refractivity contribution in [3.8, 4) is 0 Å². The van der Waals surface area contributed by atoms with Gasteiger partial charge in [0.25, 0.3) is 0 Å². The van der Waals surface area contributed by atoms with E-state index in [9.17, 15) is 9.59 Å². The standard InChI is InChI=1S/C18H19NO4/c1-4-6-11-7-16(20)23-15-9-13-14(8-12(11)15)19-10(3)17(13)18(21)22-5-2/h7-9,19H,4-6H2,1-3H3. The first-order valence-corrected chi connectivity index (χ1v) is 7.81. The lowest BCUT2D eigenvalue weighted by atomic mass is 10.0. The molecule has 0 aliphatic rings. The maximum atomic E-state index is 12.2. The topological polar surface area (TPSA) is 72.3 Å². The number of hydrogen-bond donors (Lipinski definition) is 1. The third-order valence-electron chi connectivity index (χ3n) is 3.93. The number of carbonyl (C=O) groups excluding carboxylic acids is 1. The number of H-pyrrole nitrogens is 1. The summed E-state index contributed by atoms with van der Waals surface area (Å²) in [5, 5.41) is 1.61. The summed E-state index contributed by atoms with van der Waals surface area (Å²) in [4.78, 5) is 27.2. The van der Waals surface area contributed by atoms with Crippen LogP contribution in [0.1, 0.15) is 41.9 Å². The van der Waals surface area contributed by atoms with Gasteiger partial charge in [-0.25, -0.2) is 9.59 Å². The lowest BCUT2D eigenvalue weighted by molar-refractivity contribution is 0.0528. The number of ether oxygens (including phenoxy) is 1. The van der Waals surface area contributed by atoms with E-state index in [1.807, 2.05) is 13.0 Å². The maximum Gasteiger partial charge on any atom is 0.340 e. The molecule has 0 atom stereocenters. The lowest BCUT2D eigenvalue weighted by Gasteiger charge is -2.05. The molecular weight excluding hydrogens is 294 g/mol. The summed E-state index contributed by atoms with van der Waals surface area (Å²) < 4.78 is 10.5. The summed E-state index contributed by atoms with van der Waals surface area (Å²) in [5.74, 6) is -0.373. The van der Waals surface area contributed by atoms with Gasteiger partial charge in [0.1, 0.15) is 5.58 Å². The molecule has 3 rings (SSSR count). The molecule has 0 amide bonds. The van der Waals surface area contributed by atoms with E-state index < -0.39 is 0 Å². The maximum absolute atomic E-state index is 12.2. The van der Waals surface area contributed by atoms with Crippen LogP contribution < -0.4 is 5.63 Å². The van der Waals surface area contributed by atoms with Crippen molar-refractivity contribution in [1.82, 2.24) is 4.98 Å². The summed E-state index contributed by atoms with van der Waals surface area (Å²) in [6, 6.07) is 5.23. The zero-order chi connectivity index (χ0) is 16.6. The minimum absolute atomic E-state index is 0.314. The first-order chi connectivity index (χ1) is 11.0. The van der Waals surface area contributed by atoms with Gasteiger partial charge in [-0.2, -0.15) is 0 Å². The predicted octanol–water partition coefficient (Wildman–Crippen LogP) is 3.71. The molecule has 5 nitrogen and oxygen atoms in total. The second-order valence-corrected chi connectivity index (χ2v) is 5.58. The number of hydrogen-bond acceptors (Lipinski definition) is 4. The van der Waals surface area contributed by atoms with Gasteiger partial charge in [-0.05, 0) is 38.0 Å². The van der Waals surface area contributed by atoms with Crippen molar-refractivity contribution in [3.05, 3.63) is 45.4 Å². The first-order valence-electron chi connectivity index (χ1n) is 7.81. The van der Waals surface area contributed by atoms with Crippen molar-refractivity contribution >= 4 is 27.8 Å². The van der Waals surface area contributed by atoms with Crippen LogP contribution in [0.5, 0.6) is 0 Å². The molecule has 0 unspecified atom stereocenters. The van der Waals surface area contributed by atoms with Crippen molar-refractivity contribution in [2.75, 3.05) is 6.61 Å². The van der Waals surface area contributed by atoms with Crippen LogP contribution in [0.25, 0.3) is 21.9 Å². The van der Waals surface area contributed by atoms with Gasteiger partial charge in [0, 0.05) is 28.0 Å². The third-order valence-corrected chi connectivity index (χ3v) is 3.93. The van der Waals surface area contributed by atoms with Crippen LogP contribution in [0.2, 0.25) is 0 Å². The number of aromatic nitrogens is 1. The molecule has 23 heavy (non-hydrogen) atoms. The molecule has 0 bridgehead atoms. The van der Waals surface area contributed by atoms with E-state index in [0.29, 0.717) is 23.1 Å². The number of esters is 1. The summed E-state index contributed by atoms with van der Waals surface area (Å²) in [6.45, 7) is 5.98. The molecule has 1 aromatic carbocycles. The van der Waals surface area contributed by atoms with Gasteiger partial charge in [0.05, 0.1) is 12.2 Å². The molecule has 2 aromatic heterocycles. The summed E-state index contributed by atoms with van der Waals surface area (Å²) in [5.41, 5.74) is 3.17. The molecule has 0 spiro atoms. The smallest absolute Gasteiger partial charge is 0.340 e. The van der Waals surface area contributed by atoms with E-state index in [2.05, 4.69) is 11.9 Å². The van der Waals surface area contributed by atoms with E-state index in [1.165, 1.54) is 0 Å². The van der Waals surface area contributed by atoms with Crippen molar-refractivity contribution in [2.45, 2.75) is 33.6 Å². The quantitative estimate of drug-likeness (QED) is 0.588. The van der Waals surface area contributed by atoms with E-state index in [4.69, 9.17) is 9.15 Å². The number of carbonyl (C=O) groups is 1. The van der Waals surface area contributed by atoms with Crippen molar-refractivity contribution in [1.29, 1.82) is 0 Å². The zero-order valence-corrected chi connectivity index (χ0v) is 13.5. The van der Waals surface area contributed by atoms with Crippen LogP contribution in [0.4, 0.5) is 0 Å². The third kappa shape index (κ3) is 2.63. The van der Waals surface area contributed by atoms with Gasteiger partial charge in [0.2, 0.25) is 0 Å². The van der Waals surface area contributed by atoms with Crippen LogP contribution in [0, 0.1) is 6.92 Å². The van der Waals surface area contributed by atoms with Crippen LogP contribution in [0.3, 0.4) is 0 Å². The Morgan fingerprint density at radius 2 is 2.00 bits per heavy atom. The largest absolute Gasteiger partial charge is 0.462 e. The van der Waals surface area contributed by atoms with Gasteiger partial charge >= 0.3 is 11.6 Å². The average Bonchev–Trinajstić information content (AvgIpc) is 2.80. The normalized spacial score (nSPS) is 11.3. The van der Waals surface area contributed by atoms with Gasteiger partial charge in [-0.3, -0.25) is 0 Å². The summed E-state index contributed by atoms with van der Waals surface area (Å²) in [6.07, 6.45) is 1.74. The molecule has 0 saturated heterocycles. The Bertz CT molecular complexity index is 949. The number of benzene rings is 1. The molecule has 5 heteroatoms. The highest BCUT2D eigenvalue weighted by Crippen LogP contribution is 2.29. The highest BCUT2D eigenvalue weighted by atomic mass is 16.5. The van der Waals surface area contributed by atoms with E-state index in [1.54, 1.807) is 19.1 Å². The molecule has 0 fully saturated rings. The first kappa shape index (κ1) is 15.3. The summed E-state index contributed by atoms with van der Waals surface area (Å²) in [7, 11) is 0. The fraction of sp³-hybridized carbons (Fsp3) is 0.333. The van der Waals surface area contributed by atoms with Crippen molar-refractivity contribution in [2.24, 2.45) is 0 Å². The van der Waals surface area contributed by atoms with Crippen molar-refractivity contribution < 1.29 is 13.9 Å². The number of rotatable bonds is 4. The fourth-order valence-corrected chi connectivity index (χ4v) is 2.99. The van der Waals surface area contributed by atoms with Crippen LogP contribution in [-0.2, 0) is 11.2 Å². The monoisotopic (exact) mass is 313 g/mol. The molecule has 2 heterocycles. The van der Waals surface area contributed by atoms with Gasteiger partial charge < -0.3 is 14.1 Å². The Labute approximate surface area is 133 Å². The van der Waals surface area contributed by atoms with Gasteiger partial charge in [-0.15, -0.1) is 0 Å². The average molecular weight is 313 g/mol. The van der Waals surface area contributed by atoms with Crippen LogP contribution in [0.15, 0.2) is 27.4 Å². The van der Waals surface area contributed by atoms with E-state index in [0.717, 1.165) is 35.0 Å². The molecule has 3 aromatic rings. The Balaban J connectivity index is 2.31. The molecule has 0 radical (unpaired) electrons. The predicted molar refractivity (Wildman–Crippen MR) is 89.0 cm³/mol. The second-order valence-electron chi connectivity index (χ2n) is 5.58. The zero-order valence-electron chi connectivity index (χ0n) is 13.5. The molecule has 0 aliphatic heterocycles. The second kappa shape index (κ2) is 5.91. The Morgan fingerprint density at radius 1 is 1.22 bits per heavy atom. The number of nitrogens with one attached hydrogen (secondary N) is 1. The van der Waals surface area contributed by atoms with Crippen LogP contribution >= 0.6 is 0 Å². The van der Waals surface area contributed by atoms with E-state index >= 15 is 0 Å². The van der Waals surface area contributed by atoms with Gasteiger partial charge in [-0.1, -0.05) is 13.3 Å². The number of aryl methyl sites for hydroxylation is 2. The molecule has 120 valence electrons. The number of aromatic amines is 1. The van der Waals surface area contributed by atoms with Crippen molar-refractivity contribution in [3.63, 3.8) is 0 Å². The highest BCUT2D eigenvalue weighted by Gasteiger charge is 2.19. The molecule has 0 saturated carbocycles.